The highest BCUT2D eigenvalue weighted by Crippen LogP contribution is 2.31. The normalized spacial score (nSPS) is 13.4. The molecule has 1 aromatic carbocycles. The van der Waals surface area contributed by atoms with Gasteiger partial charge in [0.2, 0.25) is 0 Å². The summed E-state index contributed by atoms with van der Waals surface area (Å²) in [5.41, 5.74) is 7.51. The first-order valence-electron chi connectivity index (χ1n) is 6.67. The van der Waals surface area contributed by atoms with Crippen molar-refractivity contribution in [2.24, 2.45) is 11.1 Å². The number of nitrogens with zero attached hydrogens (tertiary/aromatic N) is 2. The van der Waals surface area contributed by atoms with Crippen LogP contribution in [0.5, 0.6) is 0 Å². The molecule has 2 N–H and O–H groups in total. The van der Waals surface area contributed by atoms with Crippen LogP contribution in [0.3, 0.4) is 0 Å². The highest BCUT2D eigenvalue weighted by molar-refractivity contribution is 9.10. The zero-order valence-electron chi connectivity index (χ0n) is 12.3. The number of nitrogens with two attached hydrogens (primary N) is 1. The smallest absolute Gasteiger partial charge is 0.291 e. The molecule has 0 fully saturated rings. The lowest BCUT2D eigenvalue weighted by Crippen LogP contribution is -2.37. The van der Waals surface area contributed by atoms with E-state index in [2.05, 4.69) is 20.9 Å². The summed E-state index contributed by atoms with van der Waals surface area (Å²) in [5.74, 6) is 0. The van der Waals surface area contributed by atoms with Crippen molar-refractivity contribution in [3.63, 3.8) is 0 Å². The third-order valence-electron chi connectivity index (χ3n) is 3.65. The number of hydrogen-bond donors (Lipinski definition) is 1. The van der Waals surface area contributed by atoms with Gasteiger partial charge < -0.3 is 5.73 Å². The summed E-state index contributed by atoms with van der Waals surface area (Å²) in [6.45, 7) is 6.09. The zero-order valence-corrected chi connectivity index (χ0v) is 13.8. The molecule has 0 saturated heterocycles. The number of halogens is 1. The second-order valence-corrected chi connectivity index (χ2v) is 7.13. The summed E-state index contributed by atoms with van der Waals surface area (Å²) in [6.07, 6.45) is 1.76. The molecular weight excluding hydrogens is 334 g/mol. The molecule has 0 aliphatic carbocycles. The van der Waals surface area contributed by atoms with Crippen LogP contribution in [0.1, 0.15) is 26.3 Å². The molecular formula is C15H18BrN3O2. The van der Waals surface area contributed by atoms with Crippen molar-refractivity contribution in [2.75, 3.05) is 0 Å². The van der Waals surface area contributed by atoms with Gasteiger partial charge in [-0.25, -0.2) is 4.98 Å². The van der Waals surface area contributed by atoms with Crippen LogP contribution in [0, 0.1) is 15.5 Å². The van der Waals surface area contributed by atoms with E-state index in [1.807, 2.05) is 39.0 Å². The molecule has 112 valence electrons. The lowest BCUT2D eigenvalue weighted by atomic mass is 9.83. The molecule has 0 bridgehead atoms. The predicted octanol–water partition coefficient (Wildman–Crippen LogP) is 3.82. The van der Waals surface area contributed by atoms with Gasteiger partial charge in [0.1, 0.15) is 6.20 Å². The maximum Gasteiger partial charge on any atom is 0.291 e. The van der Waals surface area contributed by atoms with E-state index in [1.165, 1.54) is 6.20 Å². The van der Waals surface area contributed by atoms with Crippen LogP contribution in [-0.2, 0) is 6.42 Å². The largest absolute Gasteiger partial charge is 0.327 e. The number of fused-ring (bicyclic) bond motifs is 1. The Bertz CT molecular complexity index is 695. The van der Waals surface area contributed by atoms with E-state index in [4.69, 9.17) is 5.73 Å². The third kappa shape index (κ3) is 3.39. The molecule has 21 heavy (non-hydrogen) atoms. The van der Waals surface area contributed by atoms with Crippen LogP contribution in [0.15, 0.2) is 28.9 Å². The zero-order chi connectivity index (χ0) is 15.8. The Hall–Kier alpha value is -1.53. The maximum atomic E-state index is 11.3. The van der Waals surface area contributed by atoms with Crippen molar-refractivity contribution in [1.29, 1.82) is 0 Å². The molecule has 2 rings (SSSR count). The molecule has 5 nitrogen and oxygen atoms in total. The second kappa shape index (κ2) is 5.69. The molecule has 0 aliphatic heterocycles. The van der Waals surface area contributed by atoms with Gasteiger partial charge in [0.25, 0.3) is 5.69 Å². The van der Waals surface area contributed by atoms with E-state index in [1.54, 1.807) is 0 Å². The Labute approximate surface area is 131 Å². The van der Waals surface area contributed by atoms with E-state index in [9.17, 15) is 10.1 Å². The van der Waals surface area contributed by atoms with Crippen LogP contribution in [-0.4, -0.2) is 15.9 Å². The van der Waals surface area contributed by atoms with Crippen molar-refractivity contribution in [3.8, 4) is 0 Å². The molecule has 1 unspecified atom stereocenters. The van der Waals surface area contributed by atoms with Gasteiger partial charge in [-0.15, -0.1) is 0 Å². The fraction of sp³-hybridized carbons (Fsp3) is 0.400. The molecule has 0 amide bonds. The van der Waals surface area contributed by atoms with E-state index in [0.29, 0.717) is 12.0 Å². The summed E-state index contributed by atoms with van der Waals surface area (Å²) >= 11 is 3.41. The van der Waals surface area contributed by atoms with Crippen LogP contribution in [0.4, 0.5) is 5.69 Å². The van der Waals surface area contributed by atoms with Crippen LogP contribution in [0.25, 0.3) is 10.9 Å². The summed E-state index contributed by atoms with van der Waals surface area (Å²) < 4.78 is 0.864. The molecule has 1 atom stereocenters. The third-order valence-corrected chi connectivity index (χ3v) is 4.15. The fourth-order valence-corrected chi connectivity index (χ4v) is 2.47. The van der Waals surface area contributed by atoms with Crippen molar-refractivity contribution < 1.29 is 4.92 Å². The van der Waals surface area contributed by atoms with Crippen LogP contribution in [0.2, 0.25) is 0 Å². The number of pyridine rings is 1. The van der Waals surface area contributed by atoms with E-state index < -0.39 is 4.92 Å². The number of nitro groups is 1. The van der Waals surface area contributed by atoms with E-state index in [0.717, 1.165) is 15.4 Å². The Morgan fingerprint density at radius 2 is 2.10 bits per heavy atom. The average molecular weight is 352 g/mol. The van der Waals surface area contributed by atoms with Crippen LogP contribution < -0.4 is 5.73 Å². The lowest BCUT2D eigenvalue weighted by molar-refractivity contribution is -0.385. The maximum absolute atomic E-state index is 11.3. The average Bonchev–Trinajstić information content (AvgIpc) is 2.37. The molecule has 1 heterocycles. The first-order valence-corrected chi connectivity index (χ1v) is 7.46. The fourth-order valence-electron chi connectivity index (χ4n) is 2.11. The van der Waals surface area contributed by atoms with Gasteiger partial charge >= 0.3 is 0 Å². The first kappa shape index (κ1) is 15.9. The molecule has 0 saturated carbocycles. The summed E-state index contributed by atoms with van der Waals surface area (Å²) in [6, 6.07) is 5.39. The topological polar surface area (TPSA) is 82.0 Å². The number of hydrogen-bond acceptors (Lipinski definition) is 4. The number of rotatable bonds is 3. The molecule has 6 heteroatoms. The molecule has 1 aromatic heterocycles. The monoisotopic (exact) mass is 351 g/mol. The van der Waals surface area contributed by atoms with Crippen molar-refractivity contribution >= 4 is 32.5 Å². The van der Waals surface area contributed by atoms with Gasteiger partial charge in [0.05, 0.1) is 10.4 Å². The predicted molar refractivity (Wildman–Crippen MR) is 87.2 cm³/mol. The van der Waals surface area contributed by atoms with Gasteiger partial charge in [0.15, 0.2) is 0 Å². The van der Waals surface area contributed by atoms with Gasteiger partial charge in [-0.3, -0.25) is 10.1 Å². The Balaban J connectivity index is 2.64. The Morgan fingerprint density at radius 3 is 2.67 bits per heavy atom. The van der Waals surface area contributed by atoms with Crippen molar-refractivity contribution in [2.45, 2.75) is 33.2 Å². The van der Waals surface area contributed by atoms with Gasteiger partial charge in [0, 0.05) is 21.5 Å². The number of benzene rings is 1. The van der Waals surface area contributed by atoms with Gasteiger partial charge in [-0.05, 0) is 30.0 Å². The summed E-state index contributed by atoms with van der Waals surface area (Å²) in [4.78, 5) is 15.1. The Kier molecular flexibility index (Phi) is 4.30. The minimum atomic E-state index is -0.391. The molecule has 2 aromatic rings. The van der Waals surface area contributed by atoms with E-state index >= 15 is 0 Å². The lowest BCUT2D eigenvalue weighted by Gasteiger charge is -2.27. The Morgan fingerprint density at radius 1 is 1.43 bits per heavy atom. The molecule has 0 spiro atoms. The van der Waals surface area contributed by atoms with Crippen molar-refractivity contribution in [1.82, 2.24) is 4.98 Å². The second-order valence-electron chi connectivity index (χ2n) is 6.22. The molecule has 0 radical (unpaired) electrons. The van der Waals surface area contributed by atoms with Gasteiger partial charge in [-0.2, -0.15) is 0 Å². The minimum absolute atomic E-state index is 0.0281. The van der Waals surface area contributed by atoms with E-state index in [-0.39, 0.29) is 17.1 Å². The summed E-state index contributed by atoms with van der Waals surface area (Å²) in [7, 11) is 0. The quantitative estimate of drug-likeness (QED) is 0.672. The van der Waals surface area contributed by atoms with Gasteiger partial charge in [-0.1, -0.05) is 36.7 Å². The first-order chi connectivity index (χ1) is 9.70. The minimum Gasteiger partial charge on any atom is -0.327 e. The highest BCUT2D eigenvalue weighted by Gasteiger charge is 2.26. The van der Waals surface area contributed by atoms with Crippen molar-refractivity contribution in [3.05, 3.63) is 44.5 Å². The summed E-state index contributed by atoms with van der Waals surface area (Å²) in [5, 5.41) is 12.1. The SMILES string of the molecule is CC(C)(C)C(N)Cc1c([N+](=O)[O-])cnc2ccc(Br)cc12. The standard InChI is InChI=1S/C15H18BrN3O2/c1-15(2,3)14(17)7-11-10-6-9(16)4-5-12(10)18-8-13(11)19(20)21/h4-6,8,14H,7,17H2,1-3H3. The molecule has 0 aliphatic rings. The highest BCUT2D eigenvalue weighted by atomic mass is 79.9. The van der Waals surface area contributed by atoms with Crippen LogP contribution >= 0.6 is 15.9 Å². The number of aromatic nitrogens is 1.